The van der Waals surface area contributed by atoms with Gasteiger partial charge >= 0.3 is 0 Å². The highest BCUT2D eigenvalue weighted by Crippen LogP contribution is 2.06. The fraction of sp³-hybridized carbons (Fsp3) is 0.231. The van der Waals surface area contributed by atoms with Crippen LogP contribution in [0.15, 0.2) is 43.0 Å². The van der Waals surface area contributed by atoms with Crippen molar-refractivity contribution in [2.75, 3.05) is 0 Å². The van der Waals surface area contributed by atoms with E-state index < -0.39 is 0 Å². The van der Waals surface area contributed by atoms with Crippen LogP contribution in [0.1, 0.15) is 22.3 Å². The zero-order valence-corrected chi connectivity index (χ0v) is 9.26. The number of aryl methyl sites for hydroxylation is 2. The molecule has 1 aromatic heterocycles. The lowest BCUT2D eigenvalue weighted by atomic mass is 10.1. The largest absolute Gasteiger partial charge is 0.276 e. The SMILES string of the molecule is Cc1ccc(CCC(=O)n2ccnc2)cc1. The Hall–Kier alpha value is -1.90. The van der Waals surface area contributed by atoms with Gasteiger partial charge in [0.05, 0.1) is 0 Å². The Morgan fingerprint density at radius 2 is 2.06 bits per heavy atom. The average molecular weight is 214 g/mol. The number of carbonyl (C=O) groups is 1. The van der Waals surface area contributed by atoms with Crippen LogP contribution < -0.4 is 0 Å². The van der Waals surface area contributed by atoms with Crippen LogP contribution in [0.4, 0.5) is 0 Å². The summed E-state index contributed by atoms with van der Waals surface area (Å²) in [6.45, 7) is 2.06. The zero-order valence-electron chi connectivity index (χ0n) is 9.26. The topological polar surface area (TPSA) is 34.9 Å². The molecule has 2 rings (SSSR count). The summed E-state index contributed by atoms with van der Waals surface area (Å²) in [6.07, 6.45) is 6.12. The highest BCUT2D eigenvalue weighted by Gasteiger charge is 2.03. The van der Waals surface area contributed by atoms with Crippen LogP contribution in [0.3, 0.4) is 0 Å². The minimum absolute atomic E-state index is 0.0816. The Kier molecular flexibility index (Phi) is 3.15. The van der Waals surface area contributed by atoms with Gasteiger partial charge in [0.15, 0.2) is 0 Å². The quantitative estimate of drug-likeness (QED) is 0.786. The maximum atomic E-state index is 11.7. The molecule has 82 valence electrons. The lowest BCUT2D eigenvalue weighted by molar-refractivity contribution is 0.0903. The van der Waals surface area contributed by atoms with Gasteiger partial charge in [0, 0.05) is 18.8 Å². The summed E-state index contributed by atoms with van der Waals surface area (Å²) in [6, 6.07) is 8.26. The van der Waals surface area contributed by atoms with Crippen LogP contribution in [0.2, 0.25) is 0 Å². The van der Waals surface area contributed by atoms with Crippen LogP contribution in [0.5, 0.6) is 0 Å². The lowest BCUT2D eigenvalue weighted by Gasteiger charge is -2.02. The monoisotopic (exact) mass is 214 g/mol. The van der Waals surface area contributed by atoms with Gasteiger partial charge in [0.2, 0.25) is 5.91 Å². The number of hydrogen-bond acceptors (Lipinski definition) is 2. The summed E-state index contributed by atoms with van der Waals surface area (Å²) in [5, 5.41) is 0. The molecule has 0 saturated carbocycles. The number of imidazole rings is 1. The van der Waals surface area contributed by atoms with E-state index in [2.05, 4.69) is 36.2 Å². The number of hydrogen-bond donors (Lipinski definition) is 0. The molecule has 0 saturated heterocycles. The molecule has 0 atom stereocenters. The van der Waals surface area contributed by atoms with Crippen molar-refractivity contribution in [2.24, 2.45) is 0 Å². The molecule has 0 spiro atoms. The molecule has 3 nitrogen and oxygen atoms in total. The van der Waals surface area contributed by atoms with Crippen molar-refractivity contribution in [3.8, 4) is 0 Å². The third-order valence-electron chi connectivity index (χ3n) is 2.54. The van der Waals surface area contributed by atoms with Crippen LogP contribution >= 0.6 is 0 Å². The smallest absolute Gasteiger partial charge is 0.232 e. The van der Waals surface area contributed by atoms with Crippen molar-refractivity contribution in [1.29, 1.82) is 0 Å². The van der Waals surface area contributed by atoms with Gasteiger partial charge in [-0.25, -0.2) is 4.98 Å². The van der Waals surface area contributed by atoms with E-state index >= 15 is 0 Å². The second-order valence-corrected chi connectivity index (χ2v) is 3.85. The van der Waals surface area contributed by atoms with Crippen molar-refractivity contribution in [3.05, 3.63) is 54.1 Å². The zero-order chi connectivity index (χ0) is 11.4. The number of nitrogens with zero attached hydrogens (tertiary/aromatic N) is 2. The summed E-state index contributed by atoms with van der Waals surface area (Å²) in [4.78, 5) is 15.5. The molecule has 3 heteroatoms. The van der Waals surface area contributed by atoms with Gasteiger partial charge < -0.3 is 0 Å². The molecule has 16 heavy (non-hydrogen) atoms. The Morgan fingerprint density at radius 1 is 1.31 bits per heavy atom. The van der Waals surface area contributed by atoms with E-state index in [0.29, 0.717) is 6.42 Å². The fourth-order valence-corrected chi connectivity index (χ4v) is 1.54. The van der Waals surface area contributed by atoms with Crippen molar-refractivity contribution in [1.82, 2.24) is 9.55 Å². The van der Waals surface area contributed by atoms with Crippen molar-refractivity contribution in [2.45, 2.75) is 19.8 Å². The first-order valence-electron chi connectivity index (χ1n) is 5.32. The van der Waals surface area contributed by atoms with Crippen LogP contribution in [-0.4, -0.2) is 15.5 Å². The number of carbonyl (C=O) groups excluding carboxylic acids is 1. The maximum absolute atomic E-state index is 11.7. The van der Waals surface area contributed by atoms with E-state index in [4.69, 9.17) is 0 Å². The van der Waals surface area contributed by atoms with E-state index in [1.165, 1.54) is 22.0 Å². The molecule has 0 radical (unpaired) electrons. The van der Waals surface area contributed by atoms with Gasteiger partial charge in [0.1, 0.15) is 6.33 Å². The standard InChI is InChI=1S/C13H14N2O/c1-11-2-4-12(5-3-11)6-7-13(16)15-9-8-14-10-15/h2-5,8-10H,6-7H2,1H3. The highest BCUT2D eigenvalue weighted by atomic mass is 16.2. The molecule has 0 unspecified atom stereocenters. The van der Waals surface area contributed by atoms with Crippen molar-refractivity contribution >= 4 is 5.91 Å². The van der Waals surface area contributed by atoms with Crippen molar-refractivity contribution < 1.29 is 4.79 Å². The molecule has 0 aliphatic carbocycles. The second-order valence-electron chi connectivity index (χ2n) is 3.85. The third kappa shape index (κ3) is 2.57. The van der Waals surface area contributed by atoms with E-state index in [-0.39, 0.29) is 5.91 Å². The van der Waals surface area contributed by atoms with Crippen molar-refractivity contribution in [3.63, 3.8) is 0 Å². The highest BCUT2D eigenvalue weighted by molar-refractivity contribution is 5.78. The first kappa shape index (κ1) is 10.6. The first-order chi connectivity index (χ1) is 7.75. The van der Waals surface area contributed by atoms with E-state index in [1.54, 1.807) is 12.4 Å². The molecular weight excluding hydrogens is 200 g/mol. The second kappa shape index (κ2) is 4.75. The summed E-state index contributed by atoms with van der Waals surface area (Å²) in [5.41, 5.74) is 2.43. The van der Waals surface area contributed by atoms with E-state index in [0.717, 1.165) is 6.42 Å². The summed E-state index contributed by atoms with van der Waals surface area (Å²) in [5.74, 6) is 0.0816. The minimum atomic E-state index is 0.0816. The van der Waals surface area contributed by atoms with Crippen LogP contribution in [-0.2, 0) is 6.42 Å². The van der Waals surface area contributed by atoms with Gasteiger partial charge in [-0.1, -0.05) is 29.8 Å². The van der Waals surface area contributed by atoms with Crippen LogP contribution in [0, 0.1) is 6.92 Å². The van der Waals surface area contributed by atoms with Gasteiger partial charge in [-0.2, -0.15) is 0 Å². The average Bonchev–Trinajstić information content (AvgIpc) is 2.81. The molecular formula is C13H14N2O. The Morgan fingerprint density at radius 3 is 2.69 bits per heavy atom. The lowest BCUT2D eigenvalue weighted by Crippen LogP contribution is -2.09. The molecule has 0 fully saturated rings. The Labute approximate surface area is 94.7 Å². The maximum Gasteiger partial charge on any atom is 0.232 e. The number of rotatable bonds is 3. The molecule has 0 N–H and O–H groups in total. The number of aromatic nitrogens is 2. The van der Waals surface area contributed by atoms with Gasteiger partial charge in [0.25, 0.3) is 0 Å². The molecule has 1 aromatic carbocycles. The summed E-state index contributed by atoms with van der Waals surface area (Å²) in [7, 11) is 0. The summed E-state index contributed by atoms with van der Waals surface area (Å²) >= 11 is 0. The summed E-state index contributed by atoms with van der Waals surface area (Å²) < 4.78 is 1.52. The van der Waals surface area contributed by atoms with Gasteiger partial charge in [-0.15, -0.1) is 0 Å². The fourth-order valence-electron chi connectivity index (χ4n) is 1.54. The van der Waals surface area contributed by atoms with E-state index in [9.17, 15) is 4.79 Å². The molecule has 0 amide bonds. The number of benzene rings is 1. The Balaban J connectivity index is 1.93. The van der Waals surface area contributed by atoms with Crippen LogP contribution in [0.25, 0.3) is 0 Å². The predicted octanol–water partition coefficient (Wildman–Crippen LogP) is 2.46. The third-order valence-corrected chi connectivity index (χ3v) is 2.54. The minimum Gasteiger partial charge on any atom is -0.276 e. The van der Waals surface area contributed by atoms with Gasteiger partial charge in [-0.3, -0.25) is 9.36 Å². The van der Waals surface area contributed by atoms with Gasteiger partial charge in [-0.05, 0) is 18.9 Å². The van der Waals surface area contributed by atoms with E-state index in [1.807, 2.05) is 0 Å². The molecule has 0 aliphatic rings. The predicted molar refractivity (Wildman–Crippen MR) is 62.4 cm³/mol. The molecule has 2 aromatic rings. The normalized spacial score (nSPS) is 10.3. The first-order valence-corrected chi connectivity index (χ1v) is 5.32. The molecule has 0 aliphatic heterocycles. The molecule has 1 heterocycles. The Bertz CT molecular complexity index is 457. The molecule has 0 bridgehead atoms.